The average Bonchev–Trinajstić information content (AvgIpc) is 3.36. The lowest BCUT2D eigenvalue weighted by atomic mass is 9.94. The highest BCUT2D eigenvalue weighted by atomic mass is 32.1. The number of nitrogens with zero attached hydrogens (tertiary/aromatic N) is 2. The Balaban J connectivity index is 1.40. The van der Waals surface area contributed by atoms with E-state index in [0.29, 0.717) is 44.4 Å². The van der Waals surface area contributed by atoms with Crippen LogP contribution in [0.3, 0.4) is 0 Å². The molecule has 1 aliphatic rings. The van der Waals surface area contributed by atoms with E-state index < -0.39 is 12.0 Å². The molecule has 1 unspecified atom stereocenters. The fourth-order valence-corrected chi connectivity index (χ4v) is 6.61. The quantitative estimate of drug-likeness (QED) is 0.201. The van der Waals surface area contributed by atoms with E-state index in [1.807, 2.05) is 48.5 Å². The average molecular weight is 621 g/mol. The third-order valence-electron chi connectivity index (χ3n) is 7.68. The summed E-state index contributed by atoms with van der Waals surface area (Å²) in [7, 11) is 3.11. The van der Waals surface area contributed by atoms with Crippen molar-refractivity contribution in [1.29, 1.82) is 0 Å². The molecule has 9 heteroatoms. The first-order valence-corrected chi connectivity index (χ1v) is 15.3. The molecule has 0 N–H and O–H groups in total. The number of hydrogen-bond donors (Lipinski definition) is 0. The summed E-state index contributed by atoms with van der Waals surface area (Å²) in [5, 5.41) is 2.31. The summed E-state index contributed by atoms with van der Waals surface area (Å²) < 4.78 is 24.8. The summed E-state index contributed by atoms with van der Waals surface area (Å²) in [6, 6.07) is 26.5. The van der Waals surface area contributed by atoms with Crippen molar-refractivity contribution in [3.8, 4) is 17.2 Å². The number of carbonyl (C=O) groups is 1. The van der Waals surface area contributed by atoms with Crippen LogP contribution in [0.15, 0.2) is 106 Å². The molecule has 0 amide bonds. The Morgan fingerprint density at radius 3 is 2.56 bits per heavy atom. The van der Waals surface area contributed by atoms with Crippen molar-refractivity contribution in [3.63, 3.8) is 0 Å². The number of ether oxygens (including phenoxy) is 4. The lowest BCUT2D eigenvalue weighted by Crippen LogP contribution is -2.40. The maximum atomic E-state index is 14.1. The molecule has 4 aromatic carbocycles. The summed E-state index contributed by atoms with van der Waals surface area (Å²) >= 11 is 1.26. The molecule has 8 nitrogen and oxygen atoms in total. The Labute approximate surface area is 264 Å². The monoisotopic (exact) mass is 620 g/mol. The second-order valence-corrected chi connectivity index (χ2v) is 11.4. The molecule has 1 aromatic heterocycles. The standard InChI is InChI=1S/C36H32N2O6S/c1-5-43-35(40)32-22(2)37-36-38(33(32)29-20-26(41-3)16-17-30(29)42-4)34(39)31(45-36)19-23-10-8-14-27(18-23)44-21-25-13-9-12-24-11-6-7-15-28(24)25/h6-20,33H,5,21H2,1-4H3/b31-19-. The van der Waals surface area contributed by atoms with Gasteiger partial charge < -0.3 is 18.9 Å². The number of methoxy groups -OCH3 is 2. The molecule has 0 saturated carbocycles. The van der Waals surface area contributed by atoms with E-state index in [0.717, 1.165) is 21.9 Å². The van der Waals surface area contributed by atoms with Gasteiger partial charge in [-0.05, 0) is 72.2 Å². The molecule has 45 heavy (non-hydrogen) atoms. The molecule has 2 heterocycles. The minimum Gasteiger partial charge on any atom is -0.497 e. The van der Waals surface area contributed by atoms with Crippen LogP contribution in [-0.2, 0) is 16.1 Å². The molecule has 0 fully saturated rings. The number of aromatic nitrogens is 1. The van der Waals surface area contributed by atoms with Gasteiger partial charge in [0.25, 0.3) is 5.56 Å². The van der Waals surface area contributed by atoms with Crippen LogP contribution in [0.4, 0.5) is 0 Å². The third kappa shape index (κ3) is 5.86. The number of benzene rings is 4. The van der Waals surface area contributed by atoms with E-state index in [4.69, 9.17) is 18.9 Å². The molecule has 228 valence electrons. The molecular weight excluding hydrogens is 588 g/mol. The van der Waals surface area contributed by atoms with Crippen molar-refractivity contribution in [2.75, 3.05) is 20.8 Å². The van der Waals surface area contributed by atoms with Crippen LogP contribution in [0, 0.1) is 0 Å². The summed E-state index contributed by atoms with van der Waals surface area (Å²) in [5.41, 5.74) is 2.93. The summed E-state index contributed by atoms with van der Waals surface area (Å²) in [6.07, 6.45) is 1.82. The number of thiazole rings is 1. The fraction of sp³-hybridized carbons (Fsp3) is 0.194. The van der Waals surface area contributed by atoms with Crippen molar-refractivity contribution in [3.05, 3.63) is 133 Å². The third-order valence-corrected chi connectivity index (χ3v) is 8.66. The number of fused-ring (bicyclic) bond motifs is 2. The van der Waals surface area contributed by atoms with Crippen LogP contribution in [0.2, 0.25) is 0 Å². The Morgan fingerprint density at radius 2 is 1.76 bits per heavy atom. The van der Waals surface area contributed by atoms with Gasteiger partial charge in [-0.1, -0.05) is 65.9 Å². The molecule has 0 spiro atoms. The van der Waals surface area contributed by atoms with E-state index in [2.05, 4.69) is 29.3 Å². The summed E-state index contributed by atoms with van der Waals surface area (Å²) in [5.74, 6) is 1.21. The number of esters is 1. The topological polar surface area (TPSA) is 88.4 Å². The predicted octanol–water partition coefficient (Wildman–Crippen LogP) is 5.55. The molecule has 0 aliphatic carbocycles. The van der Waals surface area contributed by atoms with Crippen molar-refractivity contribution in [2.45, 2.75) is 26.5 Å². The summed E-state index contributed by atoms with van der Waals surface area (Å²) in [4.78, 5) is 32.6. The lowest BCUT2D eigenvalue weighted by molar-refractivity contribution is -0.139. The van der Waals surface area contributed by atoms with Gasteiger partial charge in [0.05, 0.1) is 36.6 Å². The van der Waals surface area contributed by atoms with Gasteiger partial charge in [-0.2, -0.15) is 0 Å². The minimum absolute atomic E-state index is 0.181. The first-order chi connectivity index (χ1) is 21.9. The Kier molecular flexibility index (Phi) is 8.53. The first-order valence-electron chi connectivity index (χ1n) is 14.5. The second kappa shape index (κ2) is 12.8. The number of rotatable bonds is 9. The van der Waals surface area contributed by atoms with E-state index in [-0.39, 0.29) is 17.7 Å². The second-order valence-electron chi connectivity index (χ2n) is 10.4. The highest BCUT2D eigenvalue weighted by Gasteiger charge is 2.35. The van der Waals surface area contributed by atoms with E-state index >= 15 is 0 Å². The van der Waals surface area contributed by atoms with Gasteiger partial charge >= 0.3 is 5.97 Å². The van der Waals surface area contributed by atoms with E-state index in [1.165, 1.54) is 15.9 Å². The van der Waals surface area contributed by atoms with Gasteiger partial charge in [0.1, 0.15) is 29.9 Å². The Morgan fingerprint density at radius 1 is 0.956 bits per heavy atom. The smallest absolute Gasteiger partial charge is 0.338 e. The Hall–Kier alpha value is -5.15. The van der Waals surface area contributed by atoms with Gasteiger partial charge in [-0.3, -0.25) is 9.36 Å². The molecule has 0 radical (unpaired) electrons. The van der Waals surface area contributed by atoms with Crippen LogP contribution in [-0.4, -0.2) is 31.4 Å². The van der Waals surface area contributed by atoms with Crippen molar-refractivity contribution < 1.29 is 23.7 Å². The molecule has 5 aromatic rings. The van der Waals surface area contributed by atoms with Gasteiger partial charge in [0.2, 0.25) is 0 Å². The first kappa shape index (κ1) is 29.9. The maximum Gasteiger partial charge on any atom is 0.338 e. The normalized spacial score (nSPS) is 14.6. The van der Waals surface area contributed by atoms with Crippen molar-refractivity contribution in [2.24, 2.45) is 4.99 Å². The number of carbonyl (C=O) groups excluding carboxylic acids is 1. The molecule has 1 atom stereocenters. The van der Waals surface area contributed by atoms with Crippen LogP contribution < -0.4 is 29.1 Å². The fourth-order valence-electron chi connectivity index (χ4n) is 5.56. The van der Waals surface area contributed by atoms with Gasteiger partial charge in [-0.15, -0.1) is 0 Å². The molecular formula is C36H32N2O6S. The highest BCUT2D eigenvalue weighted by molar-refractivity contribution is 7.07. The largest absolute Gasteiger partial charge is 0.497 e. The minimum atomic E-state index is -0.831. The lowest BCUT2D eigenvalue weighted by Gasteiger charge is -2.26. The van der Waals surface area contributed by atoms with Gasteiger partial charge in [0.15, 0.2) is 4.80 Å². The highest BCUT2D eigenvalue weighted by Crippen LogP contribution is 2.37. The zero-order valence-electron chi connectivity index (χ0n) is 25.4. The molecule has 0 bridgehead atoms. The molecule has 0 saturated heterocycles. The number of hydrogen-bond acceptors (Lipinski definition) is 8. The maximum absolute atomic E-state index is 14.1. The van der Waals surface area contributed by atoms with Crippen LogP contribution in [0.1, 0.15) is 36.6 Å². The SMILES string of the molecule is CCOC(=O)C1=C(C)N=c2s/c(=C\c3cccc(OCc4cccc5ccccc45)c3)c(=O)n2C1c1cc(OC)ccc1OC. The molecule has 6 rings (SSSR count). The Bertz CT molecular complexity index is 2120. The zero-order chi connectivity index (χ0) is 31.5. The molecule has 1 aliphatic heterocycles. The zero-order valence-corrected chi connectivity index (χ0v) is 26.2. The van der Waals surface area contributed by atoms with Crippen LogP contribution in [0.25, 0.3) is 16.8 Å². The van der Waals surface area contributed by atoms with E-state index in [1.54, 1.807) is 46.3 Å². The van der Waals surface area contributed by atoms with Gasteiger partial charge in [-0.25, -0.2) is 9.79 Å². The summed E-state index contributed by atoms with van der Waals surface area (Å²) in [6.45, 7) is 4.08. The van der Waals surface area contributed by atoms with Gasteiger partial charge in [0, 0.05) is 5.56 Å². The van der Waals surface area contributed by atoms with E-state index in [9.17, 15) is 9.59 Å². The van der Waals surface area contributed by atoms with Crippen LogP contribution in [0.5, 0.6) is 17.2 Å². The predicted molar refractivity (Wildman–Crippen MR) is 175 cm³/mol. The van der Waals surface area contributed by atoms with Crippen molar-refractivity contribution >= 4 is 34.2 Å². The van der Waals surface area contributed by atoms with Crippen LogP contribution >= 0.6 is 11.3 Å². The van der Waals surface area contributed by atoms with Crippen molar-refractivity contribution in [1.82, 2.24) is 4.57 Å². The number of allylic oxidation sites excluding steroid dienone is 1.